The Kier molecular flexibility index (Phi) is 4.79. The Morgan fingerprint density at radius 2 is 1.85 bits per heavy atom. The molecule has 3 unspecified atom stereocenters. The van der Waals surface area contributed by atoms with E-state index in [0.717, 1.165) is 18.0 Å². The number of nitrogens with one attached hydrogen (secondary N) is 1. The molecule has 1 heterocycles. The molecule has 0 amide bonds. The normalized spacial score (nSPS) is 37.6. The molecular formula is C12H25N. The first-order valence-corrected chi connectivity index (χ1v) is 5.98. The molecule has 0 bridgehead atoms. The number of rotatable bonds is 1. The molecule has 1 N–H and O–H groups in total. The maximum Gasteiger partial charge on any atom is 0.00669 e. The van der Waals surface area contributed by atoms with E-state index in [4.69, 9.17) is 0 Å². The number of hydrogen-bond donors (Lipinski definition) is 1. The molecule has 0 aliphatic carbocycles. The standard InChI is InChI=1S/C12H25N/c1-4-12-7-5-6-10(2)8-9-11(3)13-12/h10-13H,4-9H2,1-3H3. The van der Waals surface area contributed by atoms with Crippen LogP contribution < -0.4 is 5.32 Å². The van der Waals surface area contributed by atoms with Crippen molar-refractivity contribution in [2.75, 3.05) is 0 Å². The second-order valence-corrected chi connectivity index (χ2v) is 4.79. The van der Waals surface area contributed by atoms with Crippen LogP contribution in [0.5, 0.6) is 0 Å². The van der Waals surface area contributed by atoms with Crippen LogP contribution in [0.25, 0.3) is 0 Å². The zero-order valence-electron chi connectivity index (χ0n) is 9.47. The largest absolute Gasteiger partial charge is 0.312 e. The van der Waals surface area contributed by atoms with Crippen LogP contribution in [0.4, 0.5) is 0 Å². The van der Waals surface area contributed by atoms with E-state index < -0.39 is 0 Å². The predicted molar refractivity (Wildman–Crippen MR) is 58.9 cm³/mol. The van der Waals surface area contributed by atoms with Crippen molar-refractivity contribution in [3.05, 3.63) is 0 Å². The van der Waals surface area contributed by atoms with Crippen molar-refractivity contribution in [3.8, 4) is 0 Å². The molecule has 3 atom stereocenters. The highest BCUT2D eigenvalue weighted by molar-refractivity contribution is 4.74. The van der Waals surface area contributed by atoms with Gasteiger partial charge in [0, 0.05) is 12.1 Å². The fraction of sp³-hybridized carbons (Fsp3) is 1.00. The van der Waals surface area contributed by atoms with Crippen molar-refractivity contribution in [1.82, 2.24) is 5.32 Å². The molecule has 0 aromatic rings. The maximum atomic E-state index is 3.73. The van der Waals surface area contributed by atoms with Gasteiger partial charge in [-0.15, -0.1) is 0 Å². The van der Waals surface area contributed by atoms with Crippen molar-refractivity contribution in [3.63, 3.8) is 0 Å². The third kappa shape index (κ3) is 4.12. The molecule has 78 valence electrons. The summed E-state index contributed by atoms with van der Waals surface area (Å²) in [5, 5.41) is 3.73. The Hall–Kier alpha value is -0.0400. The molecule has 0 saturated carbocycles. The van der Waals surface area contributed by atoms with Gasteiger partial charge in [-0.2, -0.15) is 0 Å². The van der Waals surface area contributed by atoms with E-state index in [9.17, 15) is 0 Å². The summed E-state index contributed by atoms with van der Waals surface area (Å²) >= 11 is 0. The Morgan fingerprint density at radius 3 is 2.54 bits per heavy atom. The minimum atomic E-state index is 0.727. The van der Waals surface area contributed by atoms with Crippen molar-refractivity contribution >= 4 is 0 Å². The molecule has 1 nitrogen and oxygen atoms in total. The number of hydrogen-bond acceptors (Lipinski definition) is 1. The van der Waals surface area contributed by atoms with E-state index in [1.807, 2.05) is 0 Å². The van der Waals surface area contributed by atoms with Crippen LogP contribution in [0.1, 0.15) is 59.3 Å². The third-order valence-corrected chi connectivity index (χ3v) is 3.36. The summed E-state index contributed by atoms with van der Waals surface area (Å²) in [6, 6.07) is 1.51. The molecule has 1 fully saturated rings. The quantitative estimate of drug-likeness (QED) is 0.657. The highest BCUT2D eigenvalue weighted by Gasteiger charge is 2.14. The van der Waals surface area contributed by atoms with Gasteiger partial charge in [0.05, 0.1) is 0 Å². The summed E-state index contributed by atoms with van der Waals surface area (Å²) in [4.78, 5) is 0. The minimum Gasteiger partial charge on any atom is -0.312 e. The van der Waals surface area contributed by atoms with Crippen molar-refractivity contribution < 1.29 is 0 Å². The summed E-state index contributed by atoms with van der Waals surface area (Å²) in [5.41, 5.74) is 0. The van der Waals surface area contributed by atoms with Crippen LogP contribution >= 0.6 is 0 Å². The van der Waals surface area contributed by atoms with E-state index in [1.165, 1.54) is 38.5 Å². The second kappa shape index (κ2) is 5.64. The van der Waals surface area contributed by atoms with Gasteiger partial charge in [-0.05, 0) is 38.5 Å². The average Bonchev–Trinajstić information content (AvgIpc) is 2.19. The van der Waals surface area contributed by atoms with Crippen LogP contribution in [0, 0.1) is 5.92 Å². The Labute approximate surface area is 83.3 Å². The van der Waals surface area contributed by atoms with Crippen LogP contribution in [-0.2, 0) is 0 Å². The summed E-state index contributed by atoms with van der Waals surface area (Å²) < 4.78 is 0. The Morgan fingerprint density at radius 1 is 1.08 bits per heavy atom. The van der Waals surface area contributed by atoms with Gasteiger partial charge in [-0.1, -0.05) is 26.7 Å². The molecule has 1 heteroatoms. The SMILES string of the molecule is CCC1CCCC(C)CCC(C)N1. The van der Waals surface area contributed by atoms with Crippen molar-refractivity contribution in [1.29, 1.82) is 0 Å². The van der Waals surface area contributed by atoms with Gasteiger partial charge in [-0.25, -0.2) is 0 Å². The fourth-order valence-electron chi connectivity index (χ4n) is 2.28. The highest BCUT2D eigenvalue weighted by Crippen LogP contribution is 2.19. The Balaban J connectivity index is 2.39. The van der Waals surface area contributed by atoms with E-state index >= 15 is 0 Å². The van der Waals surface area contributed by atoms with Crippen LogP contribution in [0.3, 0.4) is 0 Å². The monoisotopic (exact) mass is 183 g/mol. The molecule has 0 radical (unpaired) electrons. The first-order valence-electron chi connectivity index (χ1n) is 5.98. The van der Waals surface area contributed by atoms with Gasteiger partial charge < -0.3 is 5.32 Å². The lowest BCUT2D eigenvalue weighted by Gasteiger charge is -2.20. The van der Waals surface area contributed by atoms with Gasteiger partial charge >= 0.3 is 0 Å². The molecule has 0 aromatic heterocycles. The van der Waals surface area contributed by atoms with Crippen molar-refractivity contribution in [2.45, 2.75) is 71.4 Å². The zero-order chi connectivity index (χ0) is 9.68. The smallest absolute Gasteiger partial charge is 0.00669 e. The first kappa shape index (κ1) is 11.0. The van der Waals surface area contributed by atoms with Gasteiger partial charge in [0.25, 0.3) is 0 Å². The second-order valence-electron chi connectivity index (χ2n) is 4.79. The molecule has 13 heavy (non-hydrogen) atoms. The van der Waals surface area contributed by atoms with Gasteiger partial charge in [0.1, 0.15) is 0 Å². The van der Waals surface area contributed by atoms with E-state index in [-0.39, 0.29) is 0 Å². The Bertz CT molecular complexity index is 133. The summed E-state index contributed by atoms with van der Waals surface area (Å²) in [6.07, 6.45) is 8.29. The zero-order valence-corrected chi connectivity index (χ0v) is 9.47. The lowest BCUT2D eigenvalue weighted by Crippen LogP contribution is -2.35. The molecule has 0 aromatic carbocycles. The van der Waals surface area contributed by atoms with E-state index in [1.54, 1.807) is 0 Å². The molecule has 1 aliphatic rings. The van der Waals surface area contributed by atoms with Gasteiger partial charge in [-0.3, -0.25) is 0 Å². The third-order valence-electron chi connectivity index (χ3n) is 3.36. The maximum absolute atomic E-state index is 3.73. The summed E-state index contributed by atoms with van der Waals surface area (Å²) in [5.74, 6) is 0.944. The van der Waals surface area contributed by atoms with E-state index in [2.05, 4.69) is 26.1 Å². The van der Waals surface area contributed by atoms with Gasteiger partial charge in [0.15, 0.2) is 0 Å². The lowest BCUT2D eigenvalue weighted by molar-refractivity contribution is 0.400. The first-order chi connectivity index (χ1) is 6.22. The molecule has 0 spiro atoms. The van der Waals surface area contributed by atoms with Crippen LogP contribution in [0.15, 0.2) is 0 Å². The molecule has 1 saturated heterocycles. The van der Waals surface area contributed by atoms with E-state index in [0.29, 0.717) is 0 Å². The molecule has 1 aliphatic heterocycles. The topological polar surface area (TPSA) is 12.0 Å². The summed E-state index contributed by atoms with van der Waals surface area (Å²) in [7, 11) is 0. The van der Waals surface area contributed by atoms with Crippen LogP contribution in [0.2, 0.25) is 0 Å². The predicted octanol–water partition coefficient (Wildman–Crippen LogP) is 3.34. The van der Waals surface area contributed by atoms with Crippen molar-refractivity contribution in [2.24, 2.45) is 5.92 Å². The minimum absolute atomic E-state index is 0.727. The lowest BCUT2D eigenvalue weighted by atomic mass is 9.97. The molecular weight excluding hydrogens is 158 g/mol. The fourth-order valence-corrected chi connectivity index (χ4v) is 2.28. The van der Waals surface area contributed by atoms with Gasteiger partial charge in [0.2, 0.25) is 0 Å². The average molecular weight is 183 g/mol. The van der Waals surface area contributed by atoms with Crippen LogP contribution in [-0.4, -0.2) is 12.1 Å². The highest BCUT2D eigenvalue weighted by atomic mass is 14.9. The summed E-state index contributed by atoms with van der Waals surface area (Å²) in [6.45, 7) is 7.03. The molecule has 1 rings (SSSR count).